The summed E-state index contributed by atoms with van der Waals surface area (Å²) in [7, 11) is 1.51. The van der Waals surface area contributed by atoms with E-state index in [2.05, 4.69) is 9.72 Å². The highest BCUT2D eigenvalue weighted by Crippen LogP contribution is 2.10. The number of nitrogens with zero attached hydrogens (tertiary/aromatic N) is 1. The number of aromatic nitrogens is 1. The summed E-state index contributed by atoms with van der Waals surface area (Å²) >= 11 is 0. The average molecular weight is 182 g/mol. The number of hydrogen-bond acceptors (Lipinski definition) is 5. The molecule has 1 aromatic heterocycles. The molecule has 13 heavy (non-hydrogen) atoms. The van der Waals surface area contributed by atoms with Crippen LogP contribution in [-0.4, -0.2) is 24.8 Å². The van der Waals surface area contributed by atoms with Gasteiger partial charge in [0.2, 0.25) is 0 Å². The molecule has 0 fully saturated rings. The van der Waals surface area contributed by atoms with Crippen LogP contribution in [0.5, 0.6) is 5.75 Å². The van der Waals surface area contributed by atoms with E-state index in [9.17, 15) is 4.79 Å². The topological polar surface area (TPSA) is 74.4 Å². The zero-order chi connectivity index (χ0) is 9.68. The van der Waals surface area contributed by atoms with Crippen LogP contribution in [0, 0.1) is 0 Å². The van der Waals surface area contributed by atoms with Crippen LogP contribution in [0.3, 0.4) is 0 Å². The molecule has 0 aliphatic carbocycles. The number of ether oxygens (including phenoxy) is 2. The standard InChI is InChI=1S/C8H10N2O3/c1-12-6-2-3-10-7(4-6)8(11)13-5-9/h2-4H,5,9H2,1H3. The van der Waals surface area contributed by atoms with Gasteiger partial charge in [0.05, 0.1) is 7.11 Å². The lowest BCUT2D eigenvalue weighted by Crippen LogP contribution is -2.13. The van der Waals surface area contributed by atoms with Crippen LogP contribution < -0.4 is 10.5 Å². The van der Waals surface area contributed by atoms with E-state index in [0.717, 1.165) is 0 Å². The molecule has 0 aliphatic rings. The minimum Gasteiger partial charge on any atom is -0.497 e. The predicted octanol–water partition coefficient (Wildman–Crippen LogP) is 0.163. The summed E-state index contributed by atoms with van der Waals surface area (Å²) in [6.45, 7) is -0.155. The van der Waals surface area contributed by atoms with Crippen molar-refractivity contribution in [2.24, 2.45) is 5.73 Å². The van der Waals surface area contributed by atoms with E-state index in [1.807, 2.05) is 0 Å². The second-order valence-electron chi connectivity index (χ2n) is 2.18. The molecule has 70 valence electrons. The Balaban J connectivity index is 2.82. The highest BCUT2D eigenvalue weighted by atomic mass is 16.5. The molecular weight excluding hydrogens is 172 g/mol. The number of hydrogen-bond donors (Lipinski definition) is 1. The van der Waals surface area contributed by atoms with Crippen molar-refractivity contribution in [1.29, 1.82) is 0 Å². The maximum absolute atomic E-state index is 11.1. The normalized spacial score (nSPS) is 9.38. The first kappa shape index (κ1) is 9.47. The molecule has 5 nitrogen and oxygen atoms in total. The van der Waals surface area contributed by atoms with E-state index in [4.69, 9.17) is 10.5 Å². The van der Waals surface area contributed by atoms with Crippen molar-refractivity contribution in [2.75, 3.05) is 13.8 Å². The predicted molar refractivity (Wildman–Crippen MR) is 45.3 cm³/mol. The third-order valence-corrected chi connectivity index (χ3v) is 1.39. The molecule has 1 rings (SSSR count). The van der Waals surface area contributed by atoms with E-state index in [1.165, 1.54) is 19.4 Å². The van der Waals surface area contributed by atoms with E-state index in [1.54, 1.807) is 6.07 Å². The third-order valence-electron chi connectivity index (χ3n) is 1.39. The Morgan fingerprint density at radius 3 is 3.08 bits per heavy atom. The highest BCUT2D eigenvalue weighted by Gasteiger charge is 2.08. The quantitative estimate of drug-likeness (QED) is 0.532. The molecule has 0 aromatic carbocycles. The zero-order valence-corrected chi connectivity index (χ0v) is 7.19. The molecule has 0 spiro atoms. The number of esters is 1. The Morgan fingerprint density at radius 2 is 2.46 bits per heavy atom. The molecule has 1 heterocycles. The fourth-order valence-electron chi connectivity index (χ4n) is 0.799. The molecule has 0 aliphatic heterocycles. The fraction of sp³-hybridized carbons (Fsp3) is 0.250. The van der Waals surface area contributed by atoms with Gasteiger partial charge in [0.25, 0.3) is 0 Å². The van der Waals surface area contributed by atoms with Gasteiger partial charge in [0.15, 0.2) is 5.69 Å². The third kappa shape index (κ3) is 2.41. The number of nitrogens with two attached hydrogens (primary N) is 1. The second-order valence-corrected chi connectivity index (χ2v) is 2.18. The van der Waals surface area contributed by atoms with Gasteiger partial charge in [-0.1, -0.05) is 0 Å². The number of pyridine rings is 1. The minimum absolute atomic E-state index is 0.155. The van der Waals surface area contributed by atoms with E-state index in [-0.39, 0.29) is 12.4 Å². The van der Waals surface area contributed by atoms with Gasteiger partial charge >= 0.3 is 5.97 Å². The van der Waals surface area contributed by atoms with Crippen molar-refractivity contribution in [3.8, 4) is 5.75 Å². The summed E-state index contributed by atoms with van der Waals surface area (Å²) in [5, 5.41) is 0. The molecule has 2 N–H and O–H groups in total. The molecular formula is C8H10N2O3. The largest absolute Gasteiger partial charge is 0.497 e. The number of rotatable bonds is 3. The van der Waals surface area contributed by atoms with E-state index < -0.39 is 5.97 Å². The van der Waals surface area contributed by atoms with E-state index >= 15 is 0 Å². The van der Waals surface area contributed by atoms with Gasteiger partial charge < -0.3 is 9.47 Å². The lowest BCUT2D eigenvalue weighted by Gasteiger charge is -2.02. The van der Waals surface area contributed by atoms with Gasteiger partial charge in [-0.25, -0.2) is 9.78 Å². The minimum atomic E-state index is -0.554. The summed E-state index contributed by atoms with van der Waals surface area (Å²) in [6, 6.07) is 3.12. The van der Waals surface area contributed by atoms with Crippen LogP contribution in [0.1, 0.15) is 10.5 Å². The van der Waals surface area contributed by atoms with Gasteiger partial charge in [0, 0.05) is 12.3 Å². The molecule has 0 bridgehead atoms. The number of carbonyl (C=O) groups is 1. The Hall–Kier alpha value is -1.62. The van der Waals surface area contributed by atoms with Crippen LogP contribution in [-0.2, 0) is 4.74 Å². The van der Waals surface area contributed by atoms with Crippen LogP contribution in [0.15, 0.2) is 18.3 Å². The molecule has 0 unspecified atom stereocenters. The number of carbonyl (C=O) groups excluding carboxylic acids is 1. The lowest BCUT2D eigenvalue weighted by molar-refractivity contribution is 0.0508. The Morgan fingerprint density at radius 1 is 1.69 bits per heavy atom. The first-order valence-corrected chi connectivity index (χ1v) is 3.65. The van der Waals surface area contributed by atoms with Crippen molar-refractivity contribution < 1.29 is 14.3 Å². The SMILES string of the molecule is COc1ccnc(C(=O)OCN)c1. The summed E-state index contributed by atoms with van der Waals surface area (Å²) in [4.78, 5) is 14.9. The number of methoxy groups -OCH3 is 1. The van der Waals surface area contributed by atoms with Gasteiger partial charge in [-0.3, -0.25) is 5.73 Å². The molecule has 0 amide bonds. The molecule has 0 saturated heterocycles. The summed E-state index contributed by atoms with van der Waals surface area (Å²) < 4.78 is 9.45. The smallest absolute Gasteiger partial charge is 0.358 e. The molecule has 0 radical (unpaired) electrons. The van der Waals surface area contributed by atoms with Gasteiger partial charge in [-0.15, -0.1) is 0 Å². The first-order valence-electron chi connectivity index (χ1n) is 3.65. The molecule has 0 saturated carbocycles. The Kier molecular flexibility index (Phi) is 3.22. The summed E-state index contributed by atoms with van der Waals surface area (Å²) in [5.41, 5.74) is 5.22. The Labute approximate surface area is 75.5 Å². The Bertz CT molecular complexity index is 301. The molecule has 0 atom stereocenters. The zero-order valence-electron chi connectivity index (χ0n) is 7.19. The molecule has 5 heteroatoms. The summed E-state index contributed by atoms with van der Waals surface area (Å²) in [6.07, 6.45) is 1.46. The maximum atomic E-state index is 11.1. The summed E-state index contributed by atoms with van der Waals surface area (Å²) in [5.74, 6) is 0.000344. The van der Waals surface area contributed by atoms with E-state index in [0.29, 0.717) is 5.75 Å². The average Bonchev–Trinajstić information content (AvgIpc) is 2.18. The highest BCUT2D eigenvalue weighted by molar-refractivity contribution is 5.87. The van der Waals surface area contributed by atoms with Crippen molar-refractivity contribution in [2.45, 2.75) is 0 Å². The molecule has 1 aromatic rings. The van der Waals surface area contributed by atoms with Gasteiger partial charge in [0.1, 0.15) is 12.5 Å². The van der Waals surface area contributed by atoms with Crippen molar-refractivity contribution in [3.05, 3.63) is 24.0 Å². The van der Waals surface area contributed by atoms with Crippen LogP contribution in [0.25, 0.3) is 0 Å². The lowest BCUT2D eigenvalue weighted by atomic mass is 10.3. The monoisotopic (exact) mass is 182 g/mol. The van der Waals surface area contributed by atoms with Crippen LogP contribution >= 0.6 is 0 Å². The van der Waals surface area contributed by atoms with Crippen LogP contribution in [0.4, 0.5) is 0 Å². The first-order chi connectivity index (χ1) is 6.27. The van der Waals surface area contributed by atoms with Crippen molar-refractivity contribution in [1.82, 2.24) is 4.98 Å². The fourth-order valence-corrected chi connectivity index (χ4v) is 0.799. The van der Waals surface area contributed by atoms with Gasteiger partial charge in [-0.05, 0) is 6.07 Å². The van der Waals surface area contributed by atoms with Crippen molar-refractivity contribution in [3.63, 3.8) is 0 Å². The van der Waals surface area contributed by atoms with Crippen LogP contribution in [0.2, 0.25) is 0 Å². The van der Waals surface area contributed by atoms with Gasteiger partial charge in [-0.2, -0.15) is 0 Å². The second kappa shape index (κ2) is 4.42. The maximum Gasteiger partial charge on any atom is 0.358 e. The van der Waals surface area contributed by atoms with Crippen molar-refractivity contribution >= 4 is 5.97 Å².